The number of carbonyl (C=O) groups is 1. The molecule has 2 N–H and O–H groups in total. The van der Waals surface area contributed by atoms with Gasteiger partial charge in [0.25, 0.3) is 5.91 Å². The minimum absolute atomic E-state index is 0.114. The predicted molar refractivity (Wildman–Crippen MR) is 92.5 cm³/mol. The molecule has 6 nitrogen and oxygen atoms in total. The van der Waals surface area contributed by atoms with Crippen LogP contribution in [0.4, 0.5) is 5.82 Å². The van der Waals surface area contributed by atoms with Gasteiger partial charge in [-0.15, -0.1) is 0 Å². The van der Waals surface area contributed by atoms with E-state index in [-0.39, 0.29) is 5.11 Å². The minimum atomic E-state index is -0.407. The number of thiocarbonyl (C=S) groups is 1. The van der Waals surface area contributed by atoms with E-state index in [9.17, 15) is 4.79 Å². The van der Waals surface area contributed by atoms with E-state index in [0.29, 0.717) is 27.9 Å². The molecule has 0 atom stereocenters. The molecule has 0 aliphatic rings. The molecule has 0 radical (unpaired) electrons. The van der Waals surface area contributed by atoms with Crippen LogP contribution in [-0.4, -0.2) is 30.2 Å². The molecule has 0 bridgehead atoms. The SMILES string of the molecule is COc1ccc(C(=O)NC(=S)Nc2ccc(Cl)cn2)c(OC)c1. The van der Waals surface area contributed by atoms with Crippen LogP contribution in [0.2, 0.25) is 5.02 Å². The fourth-order valence-electron chi connectivity index (χ4n) is 1.75. The highest BCUT2D eigenvalue weighted by Crippen LogP contribution is 2.24. The van der Waals surface area contributed by atoms with Crippen LogP contribution >= 0.6 is 23.8 Å². The second-order valence-electron chi connectivity index (χ2n) is 4.34. The van der Waals surface area contributed by atoms with Gasteiger partial charge in [-0.3, -0.25) is 10.1 Å². The molecule has 0 aliphatic carbocycles. The maximum atomic E-state index is 12.3. The van der Waals surface area contributed by atoms with Crippen LogP contribution in [0, 0.1) is 0 Å². The molecule has 23 heavy (non-hydrogen) atoms. The van der Waals surface area contributed by atoms with Crippen molar-refractivity contribution in [2.45, 2.75) is 0 Å². The number of pyridine rings is 1. The lowest BCUT2D eigenvalue weighted by Gasteiger charge is -2.12. The van der Waals surface area contributed by atoms with Gasteiger partial charge in [0, 0.05) is 12.3 Å². The van der Waals surface area contributed by atoms with E-state index in [1.807, 2.05) is 0 Å². The van der Waals surface area contributed by atoms with Crippen molar-refractivity contribution < 1.29 is 14.3 Å². The van der Waals surface area contributed by atoms with Crippen LogP contribution < -0.4 is 20.1 Å². The molecule has 0 unspecified atom stereocenters. The van der Waals surface area contributed by atoms with Crippen LogP contribution in [0.3, 0.4) is 0 Å². The normalized spacial score (nSPS) is 9.87. The zero-order valence-electron chi connectivity index (χ0n) is 12.4. The molecule has 1 aromatic heterocycles. The quantitative estimate of drug-likeness (QED) is 0.825. The molecule has 2 aromatic rings. The fraction of sp³-hybridized carbons (Fsp3) is 0.133. The Morgan fingerprint density at radius 1 is 1.22 bits per heavy atom. The van der Waals surface area contributed by atoms with Gasteiger partial charge in [0.05, 0.1) is 24.8 Å². The number of benzene rings is 1. The Morgan fingerprint density at radius 3 is 2.61 bits per heavy atom. The number of methoxy groups -OCH3 is 2. The Bertz CT molecular complexity index is 722. The summed E-state index contributed by atoms with van der Waals surface area (Å²) in [4.78, 5) is 16.3. The molecule has 0 aliphatic heterocycles. The van der Waals surface area contributed by atoms with Gasteiger partial charge in [-0.2, -0.15) is 0 Å². The summed E-state index contributed by atoms with van der Waals surface area (Å²) in [6, 6.07) is 8.18. The summed E-state index contributed by atoms with van der Waals surface area (Å²) in [6.07, 6.45) is 1.47. The number of halogens is 1. The van der Waals surface area contributed by atoms with Gasteiger partial charge >= 0.3 is 0 Å². The van der Waals surface area contributed by atoms with Crippen molar-refractivity contribution in [1.82, 2.24) is 10.3 Å². The zero-order valence-corrected chi connectivity index (χ0v) is 14.0. The van der Waals surface area contributed by atoms with Crippen molar-refractivity contribution in [2.24, 2.45) is 0 Å². The van der Waals surface area contributed by atoms with Crippen molar-refractivity contribution in [1.29, 1.82) is 0 Å². The molecule has 8 heteroatoms. The Kier molecular flexibility index (Phi) is 5.72. The third-order valence-corrected chi connectivity index (χ3v) is 3.28. The van der Waals surface area contributed by atoms with Crippen LogP contribution in [-0.2, 0) is 0 Å². The number of ether oxygens (including phenoxy) is 2. The zero-order chi connectivity index (χ0) is 16.8. The summed E-state index contributed by atoms with van der Waals surface area (Å²) in [6.45, 7) is 0. The average Bonchev–Trinajstić information content (AvgIpc) is 2.56. The van der Waals surface area contributed by atoms with Crippen LogP contribution in [0.25, 0.3) is 0 Å². The summed E-state index contributed by atoms with van der Waals surface area (Å²) in [5.41, 5.74) is 0.335. The number of nitrogens with zero attached hydrogens (tertiary/aromatic N) is 1. The van der Waals surface area contributed by atoms with E-state index >= 15 is 0 Å². The van der Waals surface area contributed by atoms with Crippen LogP contribution in [0.1, 0.15) is 10.4 Å². The molecule has 0 fully saturated rings. The van der Waals surface area contributed by atoms with Gasteiger partial charge in [-0.25, -0.2) is 4.98 Å². The van der Waals surface area contributed by atoms with E-state index in [0.717, 1.165) is 0 Å². The number of hydrogen-bond donors (Lipinski definition) is 2. The largest absolute Gasteiger partial charge is 0.497 e. The topological polar surface area (TPSA) is 72.5 Å². The van der Waals surface area contributed by atoms with Crippen molar-refractivity contribution in [2.75, 3.05) is 19.5 Å². The Hall–Kier alpha value is -2.38. The highest BCUT2D eigenvalue weighted by Gasteiger charge is 2.14. The van der Waals surface area contributed by atoms with Gasteiger partial charge in [0.1, 0.15) is 17.3 Å². The number of amides is 1. The molecule has 120 valence electrons. The molecule has 2 rings (SSSR count). The number of carbonyl (C=O) groups excluding carboxylic acids is 1. The first-order valence-electron chi connectivity index (χ1n) is 6.49. The Morgan fingerprint density at radius 2 is 2.00 bits per heavy atom. The molecule has 1 aromatic carbocycles. The first kappa shape index (κ1) is 17.0. The third kappa shape index (κ3) is 4.54. The molecular weight excluding hydrogens is 338 g/mol. The number of nitrogens with one attached hydrogen (secondary N) is 2. The molecular formula is C15H14ClN3O3S. The van der Waals surface area contributed by atoms with Crippen LogP contribution in [0.15, 0.2) is 36.5 Å². The summed E-state index contributed by atoms with van der Waals surface area (Å²) in [7, 11) is 3.01. The summed E-state index contributed by atoms with van der Waals surface area (Å²) >= 11 is 10.8. The summed E-state index contributed by atoms with van der Waals surface area (Å²) in [5, 5.41) is 5.97. The lowest BCUT2D eigenvalue weighted by molar-refractivity contribution is 0.0974. The first-order valence-corrected chi connectivity index (χ1v) is 7.28. The van der Waals surface area contributed by atoms with E-state index in [2.05, 4.69) is 15.6 Å². The standard InChI is InChI=1S/C15H14ClN3O3S/c1-21-10-4-5-11(12(7-10)22-2)14(20)19-15(23)18-13-6-3-9(16)8-17-13/h3-8H,1-2H3,(H2,17,18,19,20,23). The third-order valence-electron chi connectivity index (χ3n) is 2.85. The fourth-order valence-corrected chi connectivity index (χ4v) is 2.06. The van der Waals surface area contributed by atoms with E-state index in [1.54, 1.807) is 30.3 Å². The highest BCUT2D eigenvalue weighted by molar-refractivity contribution is 7.80. The first-order chi connectivity index (χ1) is 11.0. The minimum Gasteiger partial charge on any atom is -0.497 e. The molecule has 0 saturated heterocycles. The number of anilines is 1. The second kappa shape index (κ2) is 7.75. The van der Waals surface area contributed by atoms with E-state index < -0.39 is 5.91 Å². The van der Waals surface area contributed by atoms with Crippen molar-refractivity contribution in [3.8, 4) is 11.5 Å². The lowest BCUT2D eigenvalue weighted by atomic mass is 10.2. The average molecular weight is 352 g/mol. The van der Waals surface area contributed by atoms with E-state index in [1.165, 1.54) is 20.4 Å². The maximum absolute atomic E-state index is 12.3. The highest BCUT2D eigenvalue weighted by atomic mass is 35.5. The summed E-state index contributed by atoms with van der Waals surface area (Å²) in [5.74, 6) is 1.04. The van der Waals surface area contributed by atoms with Gasteiger partial charge < -0.3 is 14.8 Å². The van der Waals surface area contributed by atoms with Gasteiger partial charge in [-0.1, -0.05) is 11.6 Å². The van der Waals surface area contributed by atoms with Crippen molar-refractivity contribution >= 4 is 40.7 Å². The molecule has 1 amide bonds. The van der Waals surface area contributed by atoms with Gasteiger partial charge in [-0.05, 0) is 36.5 Å². The van der Waals surface area contributed by atoms with E-state index in [4.69, 9.17) is 33.3 Å². The van der Waals surface area contributed by atoms with Gasteiger partial charge in [0.15, 0.2) is 5.11 Å². The monoisotopic (exact) mass is 351 g/mol. The Labute approximate surface area is 143 Å². The smallest absolute Gasteiger partial charge is 0.261 e. The molecule has 0 saturated carbocycles. The molecule has 1 heterocycles. The maximum Gasteiger partial charge on any atom is 0.261 e. The summed E-state index contributed by atoms with van der Waals surface area (Å²) < 4.78 is 10.3. The Balaban J connectivity index is 2.06. The lowest BCUT2D eigenvalue weighted by Crippen LogP contribution is -2.34. The number of hydrogen-bond acceptors (Lipinski definition) is 5. The van der Waals surface area contributed by atoms with Crippen molar-refractivity contribution in [3.63, 3.8) is 0 Å². The number of aromatic nitrogens is 1. The molecule has 0 spiro atoms. The predicted octanol–water partition coefficient (Wildman–Crippen LogP) is 2.88. The van der Waals surface area contributed by atoms with Gasteiger partial charge in [0.2, 0.25) is 0 Å². The second-order valence-corrected chi connectivity index (χ2v) is 5.18. The number of rotatable bonds is 4. The van der Waals surface area contributed by atoms with Crippen molar-refractivity contribution in [3.05, 3.63) is 47.1 Å². The van der Waals surface area contributed by atoms with Crippen LogP contribution in [0.5, 0.6) is 11.5 Å².